The van der Waals surface area contributed by atoms with Crippen LogP contribution in [0.25, 0.3) is 0 Å². The Balaban J connectivity index is -0.000000192. The number of aliphatic hydroxyl groups is 1. The van der Waals surface area contributed by atoms with E-state index in [0.29, 0.717) is 36.8 Å². The minimum Gasteiger partial charge on any atom is -0.390 e. The van der Waals surface area contributed by atoms with Crippen LogP contribution in [0.5, 0.6) is 0 Å². The molecule has 5 atom stereocenters. The Bertz CT molecular complexity index is 291. The van der Waals surface area contributed by atoms with E-state index in [4.69, 9.17) is 11.5 Å². The van der Waals surface area contributed by atoms with E-state index < -0.39 is 0 Å². The van der Waals surface area contributed by atoms with Crippen molar-refractivity contribution in [2.75, 3.05) is 39.3 Å². The van der Waals surface area contributed by atoms with Crippen LogP contribution in [0.3, 0.4) is 0 Å². The van der Waals surface area contributed by atoms with E-state index in [9.17, 15) is 5.11 Å². The highest BCUT2D eigenvalue weighted by Gasteiger charge is 2.14. The molecule has 0 amide bonds. The molecule has 0 aliphatic carbocycles. The minimum absolute atomic E-state index is 0. The van der Waals surface area contributed by atoms with Crippen LogP contribution in [0.2, 0.25) is 0 Å². The maximum absolute atomic E-state index is 10.1. The molecule has 0 radical (unpaired) electrons. The second-order valence-corrected chi connectivity index (χ2v) is 7.84. The molecule has 0 aromatic rings. The Kier molecular flexibility index (Phi) is 50.5. The van der Waals surface area contributed by atoms with Crippen LogP contribution < -0.4 is 22.1 Å². The predicted molar refractivity (Wildman–Crippen MR) is 150 cm³/mol. The largest absolute Gasteiger partial charge is 0.390 e. The highest BCUT2D eigenvalue weighted by Crippen LogP contribution is 2.17. The molecule has 0 aromatic heterocycles. The van der Waals surface area contributed by atoms with Gasteiger partial charge in [-0.2, -0.15) is 0 Å². The van der Waals surface area contributed by atoms with Gasteiger partial charge in [0, 0.05) is 13.1 Å². The monoisotopic (exact) mass is 475 g/mol. The molecule has 5 unspecified atom stereocenters. The first-order valence-electron chi connectivity index (χ1n) is 10.5. The van der Waals surface area contributed by atoms with Crippen molar-refractivity contribution < 1.29 is 5.11 Å². The van der Waals surface area contributed by atoms with Crippen LogP contribution in [-0.4, -0.2) is 50.5 Å². The van der Waals surface area contributed by atoms with Crippen molar-refractivity contribution in [1.82, 2.24) is 10.6 Å². The Morgan fingerprint density at radius 3 is 1.42 bits per heavy atom. The zero-order valence-corrected chi connectivity index (χ0v) is 18.5. The molecular weight excluding hydrogens is 408 g/mol. The third kappa shape index (κ3) is 26.2. The summed E-state index contributed by atoms with van der Waals surface area (Å²) >= 11 is 0. The van der Waals surface area contributed by atoms with Gasteiger partial charge in [0.2, 0.25) is 0 Å². The van der Waals surface area contributed by atoms with Crippen molar-refractivity contribution in [3.8, 4) is 0 Å². The molecule has 200 valence electrons. The Morgan fingerprint density at radius 1 is 0.645 bits per heavy atom. The number of rotatable bonds is 17. The van der Waals surface area contributed by atoms with Gasteiger partial charge < -0.3 is 27.2 Å². The molecule has 0 saturated heterocycles. The summed E-state index contributed by atoms with van der Waals surface area (Å²) < 4.78 is 0. The fraction of sp³-hybridized carbons (Fsp3) is 1.00. The smallest absolute Gasteiger partial charge is 0.0788 e. The van der Waals surface area contributed by atoms with E-state index >= 15 is 0 Å². The Hall–Kier alpha value is 0.0900. The van der Waals surface area contributed by atoms with Gasteiger partial charge in [0.1, 0.15) is 0 Å². The van der Waals surface area contributed by atoms with Crippen LogP contribution >= 0.6 is 12.4 Å². The molecule has 0 saturated carbocycles. The molecule has 6 heteroatoms. The molecule has 0 aromatic carbocycles. The zero-order chi connectivity index (χ0) is 19.1. The molecule has 0 bridgehead atoms. The molecule has 5 nitrogen and oxygen atoms in total. The van der Waals surface area contributed by atoms with Gasteiger partial charge in [-0.15, -0.1) is 12.4 Å². The van der Waals surface area contributed by atoms with Crippen molar-refractivity contribution in [1.29, 1.82) is 0 Å². The van der Waals surface area contributed by atoms with Crippen molar-refractivity contribution in [2.24, 2.45) is 35.1 Å². The van der Waals surface area contributed by atoms with Crippen LogP contribution in [0.15, 0.2) is 0 Å². The topological polar surface area (TPSA) is 96.3 Å². The van der Waals surface area contributed by atoms with Crippen molar-refractivity contribution in [3.05, 3.63) is 0 Å². The third-order valence-corrected chi connectivity index (χ3v) is 5.49. The van der Waals surface area contributed by atoms with Crippen LogP contribution in [0, 0.1) is 23.7 Å². The van der Waals surface area contributed by atoms with Crippen molar-refractivity contribution >= 4 is 12.4 Å². The lowest BCUT2D eigenvalue weighted by molar-refractivity contribution is 0.163. The summed E-state index contributed by atoms with van der Waals surface area (Å²) in [6.07, 6.45) is 5.47. The summed E-state index contributed by atoms with van der Waals surface area (Å²) in [5.41, 5.74) is 11.6. The first kappa shape index (κ1) is 48.5. The van der Waals surface area contributed by atoms with Gasteiger partial charge >= 0.3 is 0 Å². The lowest BCUT2D eigenvalue weighted by Gasteiger charge is -2.22. The average molecular weight is 475 g/mol. The fourth-order valence-corrected chi connectivity index (χ4v) is 3.40. The van der Waals surface area contributed by atoms with Crippen LogP contribution in [0.1, 0.15) is 96.9 Å². The SMILES string of the molecule is C.C.C.C.C.CCC(CN)CC(C)CNCC(O)CNCC(CC)CC(CC)CN.Cl. The van der Waals surface area contributed by atoms with Gasteiger partial charge in [-0.3, -0.25) is 0 Å². The fourth-order valence-electron chi connectivity index (χ4n) is 3.40. The molecule has 0 heterocycles. The van der Waals surface area contributed by atoms with Gasteiger partial charge in [-0.25, -0.2) is 0 Å². The van der Waals surface area contributed by atoms with Crippen molar-refractivity contribution in [2.45, 2.75) is 103 Å². The molecule has 7 N–H and O–H groups in total. The Labute approximate surface area is 205 Å². The summed E-state index contributed by atoms with van der Waals surface area (Å²) in [7, 11) is 0. The van der Waals surface area contributed by atoms with E-state index in [-0.39, 0.29) is 55.6 Å². The zero-order valence-electron chi connectivity index (χ0n) is 17.7. The quantitative estimate of drug-likeness (QED) is 0.190. The first-order chi connectivity index (χ1) is 12.0. The van der Waals surface area contributed by atoms with Crippen LogP contribution in [0.4, 0.5) is 0 Å². The maximum atomic E-state index is 10.1. The molecule has 0 fully saturated rings. The van der Waals surface area contributed by atoms with E-state index in [2.05, 4.69) is 38.3 Å². The summed E-state index contributed by atoms with van der Waals surface area (Å²) in [5.74, 6) is 2.49. The lowest BCUT2D eigenvalue weighted by Crippen LogP contribution is -2.39. The summed E-state index contributed by atoms with van der Waals surface area (Å²) in [6.45, 7) is 13.7. The molecule has 0 aliphatic heterocycles. The molecule has 0 rings (SSSR count). The first-order valence-corrected chi connectivity index (χ1v) is 10.5. The van der Waals surface area contributed by atoms with Gasteiger partial charge in [0.05, 0.1) is 6.10 Å². The van der Waals surface area contributed by atoms with E-state index in [1.165, 1.54) is 6.42 Å². The lowest BCUT2D eigenvalue weighted by atomic mass is 9.91. The van der Waals surface area contributed by atoms with Crippen molar-refractivity contribution in [3.63, 3.8) is 0 Å². The molecular formula is C25H67ClN4O. The minimum atomic E-state index is -0.335. The molecule has 31 heavy (non-hydrogen) atoms. The average Bonchev–Trinajstić information content (AvgIpc) is 2.62. The number of nitrogens with two attached hydrogens (primary N) is 2. The van der Waals surface area contributed by atoms with Gasteiger partial charge in [-0.05, 0) is 62.7 Å². The van der Waals surface area contributed by atoms with E-state index in [1.54, 1.807) is 0 Å². The van der Waals surface area contributed by atoms with E-state index in [1.807, 2.05) is 0 Å². The number of aliphatic hydroxyl groups excluding tert-OH is 1. The number of halogens is 1. The number of nitrogens with one attached hydrogen (secondary N) is 2. The maximum Gasteiger partial charge on any atom is 0.0788 e. The van der Waals surface area contributed by atoms with E-state index in [0.717, 1.165) is 51.9 Å². The second-order valence-electron chi connectivity index (χ2n) is 7.84. The summed E-state index contributed by atoms with van der Waals surface area (Å²) in [5, 5.41) is 17.0. The normalized spacial score (nSPS) is 14.4. The standard InChI is InChI=1S/C20H46N4O.5CH4.ClH/c1-5-17(10-21)8-16(4)12-23-14-20(25)15-24-13-19(7-3)9-18(6-2)11-22;;;;;;/h16-20,23-25H,5-15,21-22H2,1-4H3;5*1H4;1H. The molecule has 0 spiro atoms. The summed E-state index contributed by atoms with van der Waals surface area (Å²) in [6, 6.07) is 0. The van der Waals surface area contributed by atoms with Crippen LogP contribution in [-0.2, 0) is 0 Å². The number of hydrogen-bond donors (Lipinski definition) is 5. The predicted octanol–water partition coefficient (Wildman–Crippen LogP) is 5.54. The Morgan fingerprint density at radius 2 is 1.03 bits per heavy atom. The van der Waals surface area contributed by atoms with Gasteiger partial charge in [-0.1, -0.05) is 84.1 Å². The molecule has 0 aliphatic rings. The highest BCUT2D eigenvalue weighted by atomic mass is 35.5. The summed E-state index contributed by atoms with van der Waals surface area (Å²) in [4.78, 5) is 0. The highest BCUT2D eigenvalue weighted by molar-refractivity contribution is 5.85. The van der Waals surface area contributed by atoms with Gasteiger partial charge in [0.15, 0.2) is 0 Å². The number of hydrogen-bond acceptors (Lipinski definition) is 5. The van der Waals surface area contributed by atoms with Gasteiger partial charge in [0.25, 0.3) is 0 Å². The third-order valence-electron chi connectivity index (χ3n) is 5.49. The second kappa shape index (κ2) is 32.3.